The Morgan fingerprint density at radius 1 is 1.15 bits per heavy atom. The third-order valence-electron chi connectivity index (χ3n) is 4.34. The number of nitrogens with one attached hydrogen (secondary N) is 3. The monoisotopic (exact) mass is 384 g/mol. The second-order valence-electron chi connectivity index (χ2n) is 6.52. The first kappa shape index (κ1) is 18.8. The highest BCUT2D eigenvalue weighted by molar-refractivity contribution is 6.31. The summed E-state index contributed by atoms with van der Waals surface area (Å²) in [4.78, 5) is 26.9. The Hall–Kier alpha value is -2.99. The van der Waals surface area contributed by atoms with Gasteiger partial charge in [-0.3, -0.25) is 4.79 Å². The first-order valence-corrected chi connectivity index (χ1v) is 8.85. The smallest absolute Gasteiger partial charge is 0.319 e. The molecule has 0 aromatic heterocycles. The van der Waals surface area contributed by atoms with Crippen LogP contribution in [0.15, 0.2) is 59.8 Å². The molecule has 6 nitrogen and oxygen atoms in total. The molecule has 7 heteroatoms. The van der Waals surface area contributed by atoms with Crippen molar-refractivity contribution in [1.82, 2.24) is 10.6 Å². The molecule has 0 aliphatic carbocycles. The fourth-order valence-electron chi connectivity index (χ4n) is 2.97. The number of allylic oxidation sites excluding steroid dienone is 1. The van der Waals surface area contributed by atoms with Crippen molar-refractivity contribution in [2.24, 2.45) is 0 Å². The van der Waals surface area contributed by atoms with Gasteiger partial charge in [0.2, 0.25) is 0 Å². The van der Waals surface area contributed by atoms with Gasteiger partial charge in [0, 0.05) is 36.2 Å². The normalized spacial score (nSPS) is 16.4. The number of nitrogens with zero attached hydrogens (tertiary/aromatic N) is 1. The van der Waals surface area contributed by atoms with Crippen molar-refractivity contribution in [1.29, 1.82) is 0 Å². The van der Waals surface area contributed by atoms with E-state index in [1.807, 2.05) is 43.3 Å². The van der Waals surface area contributed by atoms with Gasteiger partial charge in [-0.15, -0.1) is 0 Å². The second kappa shape index (κ2) is 7.72. The van der Waals surface area contributed by atoms with E-state index in [1.165, 1.54) is 0 Å². The maximum Gasteiger partial charge on any atom is 0.319 e. The highest BCUT2D eigenvalue weighted by Crippen LogP contribution is 2.29. The van der Waals surface area contributed by atoms with Gasteiger partial charge in [0.15, 0.2) is 0 Å². The van der Waals surface area contributed by atoms with E-state index < -0.39 is 6.04 Å². The summed E-state index contributed by atoms with van der Waals surface area (Å²) in [5, 5.41) is 8.88. The Kier molecular flexibility index (Phi) is 5.37. The number of benzene rings is 2. The third-order valence-corrected chi connectivity index (χ3v) is 4.57. The van der Waals surface area contributed by atoms with Gasteiger partial charge < -0.3 is 20.9 Å². The molecule has 0 radical (unpaired) electrons. The number of rotatable bonds is 4. The van der Waals surface area contributed by atoms with E-state index in [9.17, 15) is 9.59 Å². The molecule has 3 rings (SSSR count). The lowest BCUT2D eigenvalue weighted by Gasteiger charge is -2.29. The molecule has 0 bridgehead atoms. The van der Waals surface area contributed by atoms with Crippen molar-refractivity contribution >= 4 is 34.9 Å². The summed E-state index contributed by atoms with van der Waals surface area (Å²) >= 11 is 5.99. The van der Waals surface area contributed by atoms with Crippen LogP contribution in [0.5, 0.6) is 0 Å². The van der Waals surface area contributed by atoms with E-state index in [-0.39, 0.29) is 11.9 Å². The highest BCUT2D eigenvalue weighted by atomic mass is 35.5. The van der Waals surface area contributed by atoms with Crippen LogP contribution in [0.25, 0.3) is 0 Å². The van der Waals surface area contributed by atoms with Gasteiger partial charge in [0.05, 0.1) is 11.6 Å². The van der Waals surface area contributed by atoms with Crippen molar-refractivity contribution in [3.8, 4) is 0 Å². The molecule has 27 heavy (non-hydrogen) atoms. The van der Waals surface area contributed by atoms with Crippen LogP contribution < -0.4 is 20.9 Å². The van der Waals surface area contributed by atoms with Crippen molar-refractivity contribution < 1.29 is 9.59 Å². The molecule has 3 N–H and O–H groups in total. The fraction of sp³-hybridized carbons (Fsp3) is 0.200. The Labute approximate surface area is 163 Å². The maximum absolute atomic E-state index is 12.9. The summed E-state index contributed by atoms with van der Waals surface area (Å²) in [7, 11) is 3.91. The molecule has 2 aromatic rings. The molecule has 0 spiro atoms. The minimum Gasteiger partial charge on any atom is -0.378 e. The first-order valence-electron chi connectivity index (χ1n) is 8.47. The summed E-state index contributed by atoms with van der Waals surface area (Å²) in [6.07, 6.45) is 0. The predicted octanol–water partition coefficient (Wildman–Crippen LogP) is 3.67. The SMILES string of the molecule is CC1=C(C(=O)Nc2cccc(Cl)c2)C(c2ccc(N(C)C)cc2)NC(=O)N1. The van der Waals surface area contributed by atoms with Gasteiger partial charge in [-0.05, 0) is 42.8 Å². The Morgan fingerprint density at radius 3 is 2.48 bits per heavy atom. The zero-order valence-corrected chi connectivity index (χ0v) is 16.1. The van der Waals surface area contributed by atoms with Gasteiger partial charge in [0.1, 0.15) is 0 Å². The van der Waals surface area contributed by atoms with Crippen LogP contribution in [-0.4, -0.2) is 26.0 Å². The van der Waals surface area contributed by atoms with Crippen molar-refractivity contribution in [2.75, 3.05) is 24.3 Å². The average Bonchev–Trinajstić information content (AvgIpc) is 2.61. The Bertz CT molecular complexity index is 906. The van der Waals surface area contributed by atoms with Crippen LogP contribution >= 0.6 is 11.6 Å². The molecule has 2 aromatic carbocycles. The second-order valence-corrected chi connectivity index (χ2v) is 6.96. The molecule has 1 aliphatic heterocycles. The average molecular weight is 385 g/mol. The van der Waals surface area contributed by atoms with Crippen LogP contribution in [-0.2, 0) is 4.79 Å². The van der Waals surface area contributed by atoms with Crippen molar-refractivity contribution in [3.63, 3.8) is 0 Å². The van der Waals surface area contributed by atoms with E-state index >= 15 is 0 Å². The van der Waals surface area contributed by atoms with Gasteiger partial charge in [0.25, 0.3) is 5.91 Å². The Balaban J connectivity index is 1.92. The minimum absolute atomic E-state index is 0.302. The van der Waals surface area contributed by atoms with E-state index in [2.05, 4.69) is 16.0 Å². The van der Waals surface area contributed by atoms with E-state index in [0.29, 0.717) is 22.0 Å². The van der Waals surface area contributed by atoms with Gasteiger partial charge in [-0.1, -0.05) is 29.8 Å². The van der Waals surface area contributed by atoms with Crippen LogP contribution in [0.1, 0.15) is 18.5 Å². The van der Waals surface area contributed by atoms with Gasteiger partial charge in [-0.2, -0.15) is 0 Å². The molecule has 1 atom stereocenters. The molecular weight excluding hydrogens is 364 g/mol. The lowest BCUT2D eigenvalue weighted by Crippen LogP contribution is -2.45. The summed E-state index contributed by atoms with van der Waals surface area (Å²) in [5.41, 5.74) is 3.41. The van der Waals surface area contributed by atoms with Crippen molar-refractivity contribution in [2.45, 2.75) is 13.0 Å². The third kappa shape index (κ3) is 4.23. The molecule has 0 saturated heterocycles. The van der Waals surface area contributed by atoms with Crippen LogP contribution in [0, 0.1) is 0 Å². The van der Waals surface area contributed by atoms with Gasteiger partial charge in [-0.25, -0.2) is 4.79 Å². The molecule has 0 saturated carbocycles. The molecule has 0 fully saturated rings. The number of carbonyl (C=O) groups excluding carboxylic acids is 2. The van der Waals surface area contributed by atoms with Crippen LogP contribution in [0.2, 0.25) is 5.02 Å². The number of hydrogen-bond donors (Lipinski definition) is 3. The fourth-order valence-corrected chi connectivity index (χ4v) is 3.16. The van der Waals surface area contributed by atoms with E-state index in [4.69, 9.17) is 11.6 Å². The summed E-state index contributed by atoms with van der Waals surface area (Å²) < 4.78 is 0. The molecule has 140 valence electrons. The highest BCUT2D eigenvalue weighted by Gasteiger charge is 2.31. The topological polar surface area (TPSA) is 73.5 Å². The molecule has 3 amide bonds. The van der Waals surface area contributed by atoms with Crippen LogP contribution in [0.3, 0.4) is 0 Å². The number of hydrogen-bond acceptors (Lipinski definition) is 3. The van der Waals surface area contributed by atoms with Gasteiger partial charge >= 0.3 is 6.03 Å². The first-order chi connectivity index (χ1) is 12.8. The molecule has 1 heterocycles. The lowest BCUT2D eigenvalue weighted by atomic mass is 9.94. The van der Waals surface area contributed by atoms with Crippen LogP contribution in [0.4, 0.5) is 16.2 Å². The lowest BCUT2D eigenvalue weighted by molar-refractivity contribution is -0.113. The predicted molar refractivity (Wildman–Crippen MR) is 108 cm³/mol. The number of carbonyl (C=O) groups is 2. The Morgan fingerprint density at radius 2 is 1.85 bits per heavy atom. The quantitative estimate of drug-likeness (QED) is 0.753. The maximum atomic E-state index is 12.9. The zero-order valence-electron chi connectivity index (χ0n) is 15.3. The zero-order chi connectivity index (χ0) is 19.6. The van der Waals surface area contributed by atoms with E-state index in [0.717, 1.165) is 11.3 Å². The standard InChI is InChI=1S/C20H21ClN4O2/c1-12-17(19(26)23-15-6-4-5-14(21)11-15)18(24-20(27)22-12)13-7-9-16(10-8-13)25(2)3/h4-11,18H,1-3H3,(H,23,26)(H2,22,24,27). The molecule has 1 unspecified atom stereocenters. The van der Waals surface area contributed by atoms with E-state index in [1.54, 1.807) is 31.2 Å². The summed E-state index contributed by atoms with van der Waals surface area (Å²) in [6.45, 7) is 1.72. The minimum atomic E-state index is -0.547. The summed E-state index contributed by atoms with van der Waals surface area (Å²) in [5.74, 6) is -0.302. The molecule has 1 aliphatic rings. The summed E-state index contributed by atoms with van der Waals surface area (Å²) in [6, 6.07) is 13.8. The largest absolute Gasteiger partial charge is 0.378 e. The number of urea groups is 1. The number of amides is 3. The molecular formula is C20H21ClN4O2. The number of halogens is 1. The number of anilines is 2. The van der Waals surface area contributed by atoms with Crippen molar-refractivity contribution in [3.05, 3.63) is 70.4 Å².